The Labute approximate surface area is 126 Å². The Morgan fingerprint density at radius 3 is 2.38 bits per heavy atom. The highest BCUT2D eigenvalue weighted by atomic mass is 35.5. The summed E-state index contributed by atoms with van der Waals surface area (Å²) in [4.78, 5) is 24.7. The van der Waals surface area contributed by atoms with Crippen molar-refractivity contribution in [3.05, 3.63) is 69.6 Å². The summed E-state index contributed by atoms with van der Waals surface area (Å²) in [6, 6.07) is 14.2. The number of ketones is 1. The van der Waals surface area contributed by atoms with Gasteiger partial charge in [-0.2, -0.15) is 0 Å². The number of benzene rings is 2. The van der Waals surface area contributed by atoms with Gasteiger partial charge in [0.1, 0.15) is 0 Å². The SMILES string of the molecule is Cn1c(=O)n(CC(=O)c2ccccc2Cl)c2ccccc21. The van der Waals surface area contributed by atoms with Gasteiger partial charge in [0.05, 0.1) is 22.6 Å². The lowest BCUT2D eigenvalue weighted by molar-refractivity contribution is 0.0972. The van der Waals surface area contributed by atoms with Crippen molar-refractivity contribution in [1.82, 2.24) is 9.13 Å². The van der Waals surface area contributed by atoms with Gasteiger partial charge in [0.25, 0.3) is 0 Å². The molecule has 0 radical (unpaired) electrons. The van der Waals surface area contributed by atoms with E-state index in [1.807, 2.05) is 24.3 Å². The fraction of sp³-hybridized carbons (Fsp3) is 0.125. The number of imidazole rings is 1. The van der Waals surface area contributed by atoms with Crippen LogP contribution in [0.3, 0.4) is 0 Å². The molecular weight excluding hydrogens is 288 g/mol. The van der Waals surface area contributed by atoms with E-state index in [2.05, 4.69) is 0 Å². The lowest BCUT2D eigenvalue weighted by atomic mass is 10.1. The fourth-order valence-electron chi connectivity index (χ4n) is 2.43. The number of aryl methyl sites for hydroxylation is 1. The van der Waals surface area contributed by atoms with E-state index in [-0.39, 0.29) is 18.0 Å². The lowest BCUT2D eigenvalue weighted by Crippen LogP contribution is -2.25. The quantitative estimate of drug-likeness (QED) is 0.698. The average molecular weight is 301 g/mol. The molecule has 0 bridgehead atoms. The minimum Gasteiger partial charge on any atom is -0.295 e. The van der Waals surface area contributed by atoms with Crippen molar-refractivity contribution < 1.29 is 4.79 Å². The first-order valence-corrected chi connectivity index (χ1v) is 6.89. The van der Waals surface area contributed by atoms with Crippen LogP contribution in [-0.2, 0) is 13.6 Å². The number of carbonyl (C=O) groups excluding carboxylic acids is 1. The Kier molecular flexibility index (Phi) is 3.39. The number of fused-ring (bicyclic) bond motifs is 1. The molecule has 3 rings (SSSR count). The highest BCUT2D eigenvalue weighted by molar-refractivity contribution is 6.33. The van der Waals surface area contributed by atoms with Gasteiger partial charge in [0, 0.05) is 12.6 Å². The minimum absolute atomic E-state index is 0.0239. The number of hydrogen-bond acceptors (Lipinski definition) is 2. The molecule has 106 valence electrons. The minimum atomic E-state index is -0.211. The molecule has 0 saturated heterocycles. The molecule has 0 fully saturated rings. The first-order valence-electron chi connectivity index (χ1n) is 6.51. The summed E-state index contributed by atoms with van der Waals surface area (Å²) in [6.45, 7) is -0.0239. The third kappa shape index (κ3) is 2.28. The summed E-state index contributed by atoms with van der Waals surface area (Å²) < 4.78 is 3.01. The first kappa shape index (κ1) is 13.6. The van der Waals surface area contributed by atoms with Crippen LogP contribution < -0.4 is 5.69 Å². The van der Waals surface area contributed by atoms with Gasteiger partial charge >= 0.3 is 5.69 Å². The Hall–Kier alpha value is -2.33. The van der Waals surface area contributed by atoms with Crippen LogP contribution in [0.25, 0.3) is 11.0 Å². The molecule has 0 unspecified atom stereocenters. The van der Waals surface area contributed by atoms with E-state index in [0.29, 0.717) is 10.6 Å². The topological polar surface area (TPSA) is 44.0 Å². The highest BCUT2D eigenvalue weighted by Gasteiger charge is 2.15. The third-order valence-electron chi connectivity index (χ3n) is 3.53. The molecule has 0 aliphatic heterocycles. The Morgan fingerprint density at radius 2 is 1.67 bits per heavy atom. The standard InChI is InChI=1S/C16H13ClN2O2/c1-18-13-8-4-5-9-14(13)19(16(18)21)10-15(20)11-6-2-3-7-12(11)17/h2-9H,10H2,1H3. The largest absolute Gasteiger partial charge is 0.329 e. The first-order chi connectivity index (χ1) is 10.1. The second-order valence-electron chi connectivity index (χ2n) is 4.82. The molecule has 0 aliphatic rings. The van der Waals surface area contributed by atoms with Crippen molar-refractivity contribution in [1.29, 1.82) is 0 Å². The highest BCUT2D eigenvalue weighted by Crippen LogP contribution is 2.17. The van der Waals surface area contributed by atoms with Crippen LogP contribution in [0.5, 0.6) is 0 Å². The number of halogens is 1. The third-order valence-corrected chi connectivity index (χ3v) is 3.86. The second kappa shape index (κ2) is 5.22. The van der Waals surface area contributed by atoms with Crippen LogP contribution >= 0.6 is 11.6 Å². The van der Waals surface area contributed by atoms with Gasteiger partial charge in [-0.1, -0.05) is 35.9 Å². The molecule has 0 N–H and O–H groups in total. The zero-order chi connectivity index (χ0) is 15.0. The van der Waals surface area contributed by atoms with Crippen molar-refractivity contribution in [2.45, 2.75) is 6.54 Å². The smallest absolute Gasteiger partial charge is 0.295 e. The van der Waals surface area contributed by atoms with Crippen molar-refractivity contribution >= 4 is 28.4 Å². The van der Waals surface area contributed by atoms with Gasteiger partial charge < -0.3 is 0 Å². The Balaban J connectivity index is 2.07. The van der Waals surface area contributed by atoms with Crippen molar-refractivity contribution in [3.8, 4) is 0 Å². The summed E-state index contributed by atoms with van der Waals surface area (Å²) in [6.07, 6.45) is 0. The van der Waals surface area contributed by atoms with Crippen LogP contribution in [-0.4, -0.2) is 14.9 Å². The number of Topliss-reactive ketones (excluding diaryl/α,β-unsaturated/α-hetero) is 1. The summed E-state index contributed by atoms with van der Waals surface area (Å²) >= 11 is 6.04. The number of carbonyl (C=O) groups is 1. The Morgan fingerprint density at radius 1 is 1.05 bits per heavy atom. The molecule has 1 heterocycles. The van der Waals surface area contributed by atoms with Crippen molar-refractivity contribution in [2.75, 3.05) is 0 Å². The zero-order valence-corrected chi connectivity index (χ0v) is 12.2. The Bertz CT molecular complexity index is 893. The van der Waals surface area contributed by atoms with Gasteiger partial charge in [0.2, 0.25) is 0 Å². The summed E-state index contributed by atoms with van der Waals surface area (Å²) in [7, 11) is 1.70. The predicted molar refractivity (Wildman–Crippen MR) is 83.0 cm³/mol. The molecule has 3 aromatic rings. The van der Waals surface area contributed by atoms with Crippen LogP contribution in [0.4, 0.5) is 0 Å². The van der Waals surface area contributed by atoms with Crippen LogP contribution in [0.2, 0.25) is 5.02 Å². The molecule has 21 heavy (non-hydrogen) atoms. The summed E-state index contributed by atoms with van der Waals surface area (Å²) in [5.74, 6) is -0.181. The van der Waals surface area contributed by atoms with Gasteiger partial charge in [-0.15, -0.1) is 0 Å². The lowest BCUT2D eigenvalue weighted by Gasteiger charge is -2.04. The maximum absolute atomic E-state index is 12.4. The van der Waals surface area contributed by atoms with E-state index in [9.17, 15) is 9.59 Å². The number of para-hydroxylation sites is 2. The molecular formula is C16H13ClN2O2. The maximum atomic E-state index is 12.4. The fourth-order valence-corrected chi connectivity index (χ4v) is 2.67. The molecule has 0 atom stereocenters. The average Bonchev–Trinajstić information content (AvgIpc) is 2.73. The van der Waals surface area contributed by atoms with E-state index < -0.39 is 0 Å². The maximum Gasteiger partial charge on any atom is 0.329 e. The predicted octanol–water partition coefficient (Wildman–Crippen LogP) is 2.88. The number of nitrogens with zero attached hydrogens (tertiary/aromatic N) is 2. The van der Waals surface area contributed by atoms with Crippen LogP contribution in [0.1, 0.15) is 10.4 Å². The molecule has 0 aliphatic carbocycles. The van der Waals surface area contributed by atoms with Crippen LogP contribution in [0, 0.1) is 0 Å². The molecule has 0 amide bonds. The second-order valence-corrected chi connectivity index (χ2v) is 5.23. The zero-order valence-electron chi connectivity index (χ0n) is 11.4. The van der Waals surface area contributed by atoms with Crippen LogP contribution in [0.15, 0.2) is 53.3 Å². The van der Waals surface area contributed by atoms with E-state index in [1.165, 1.54) is 9.13 Å². The van der Waals surface area contributed by atoms with Gasteiger partial charge in [-0.3, -0.25) is 13.9 Å². The number of rotatable bonds is 3. The van der Waals surface area contributed by atoms with Gasteiger partial charge in [-0.05, 0) is 24.3 Å². The molecule has 5 heteroatoms. The van der Waals surface area contributed by atoms with Gasteiger partial charge in [0.15, 0.2) is 5.78 Å². The molecule has 0 saturated carbocycles. The normalized spacial score (nSPS) is 11.0. The van der Waals surface area contributed by atoms with E-state index in [1.54, 1.807) is 31.3 Å². The van der Waals surface area contributed by atoms with E-state index >= 15 is 0 Å². The summed E-state index contributed by atoms with van der Waals surface area (Å²) in [5.41, 5.74) is 1.76. The monoisotopic (exact) mass is 300 g/mol. The number of aromatic nitrogens is 2. The molecule has 1 aromatic heterocycles. The molecule has 0 spiro atoms. The van der Waals surface area contributed by atoms with Gasteiger partial charge in [-0.25, -0.2) is 4.79 Å². The van der Waals surface area contributed by atoms with Crippen molar-refractivity contribution in [2.24, 2.45) is 7.05 Å². The molecule has 4 nitrogen and oxygen atoms in total. The van der Waals surface area contributed by atoms with E-state index in [0.717, 1.165) is 11.0 Å². The van der Waals surface area contributed by atoms with Crippen molar-refractivity contribution in [3.63, 3.8) is 0 Å². The van der Waals surface area contributed by atoms with E-state index in [4.69, 9.17) is 11.6 Å². The summed E-state index contributed by atoms with van der Waals surface area (Å²) in [5, 5.41) is 0.399. The molecule has 2 aromatic carbocycles. The number of hydrogen-bond donors (Lipinski definition) is 0.